The normalized spacial score (nSPS) is 9.88. The second kappa shape index (κ2) is 5.80. The average molecular weight is 228 g/mol. The molecular weight excluding hydrogens is 214 g/mol. The van der Waals surface area contributed by atoms with Crippen LogP contribution in [-0.2, 0) is 0 Å². The van der Waals surface area contributed by atoms with Gasteiger partial charge in [0.25, 0.3) is 0 Å². The SMILES string of the molecule is Oc1ccccc1NCCOc1[c]cccc1. The molecule has 0 unspecified atom stereocenters. The Hall–Kier alpha value is -2.16. The molecule has 0 saturated carbocycles. The third-order valence-corrected chi connectivity index (χ3v) is 2.26. The summed E-state index contributed by atoms with van der Waals surface area (Å²) in [6.07, 6.45) is 0. The number of para-hydroxylation sites is 3. The summed E-state index contributed by atoms with van der Waals surface area (Å²) < 4.78 is 5.47. The van der Waals surface area contributed by atoms with Crippen molar-refractivity contribution < 1.29 is 9.84 Å². The zero-order valence-corrected chi connectivity index (χ0v) is 9.39. The molecule has 0 bridgehead atoms. The van der Waals surface area contributed by atoms with E-state index in [0.29, 0.717) is 18.8 Å². The maximum atomic E-state index is 9.52. The fraction of sp³-hybridized carbons (Fsp3) is 0.143. The fourth-order valence-electron chi connectivity index (χ4n) is 1.44. The van der Waals surface area contributed by atoms with Gasteiger partial charge in [-0.2, -0.15) is 0 Å². The first-order chi connectivity index (χ1) is 8.36. The number of phenolic OH excluding ortho intramolecular Hbond substituents is 1. The Morgan fingerprint density at radius 1 is 1.12 bits per heavy atom. The van der Waals surface area contributed by atoms with Crippen LogP contribution < -0.4 is 10.1 Å². The molecule has 0 atom stereocenters. The number of phenols is 1. The molecule has 2 aromatic carbocycles. The molecule has 1 radical (unpaired) electrons. The third-order valence-electron chi connectivity index (χ3n) is 2.26. The van der Waals surface area contributed by atoms with Gasteiger partial charge in [0, 0.05) is 12.6 Å². The number of anilines is 1. The van der Waals surface area contributed by atoms with Crippen LogP contribution in [0.15, 0.2) is 48.5 Å². The molecule has 3 nitrogen and oxygen atoms in total. The fourth-order valence-corrected chi connectivity index (χ4v) is 1.44. The van der Waals surface area contributed by atoms with Crippen molar-refractivity contribution in [3.05, 3.63) is 54.6 Å². The molecule has 2 N–H and O–H groups in total. The van der Waals surface area contributed by atoms with Crippen LogP contribution in [0.25, 0.3) is 0 Å². The smallest absolute Gasteiger partial charge is 0.138 e. The number of ether oxygens (including phenoxy) is 1. The minimum Gasteiger partial charge on any atom is -0.506 e. The molecule has 0 fully saturated rings. The van der Waals surface area contributed by atoms with Crippen molar-refractivity contribution in [2.24, 2.45) is 0 Å². The number of aromatic hydroxyl groups is 1. The van der Waals surface area contributed by atoms with Crippen LogP contribution in [-0.4, -0.2) is 18.3 Å². The molecule has 17 heavy (non-hydrogen) atoms. The van der Waals surface area contributed by atoms with E-state index in [9.17, 15) is 5.11 Å². The first-order valence-corrected chi connectivity index (χ1v) is 5.47. The summed E-state index contributed by atoms with van der Waals surface area (Å²) >= 11 is 0. The van der Waals surface area contributed by atoms with E-state index < -0.39 is 0 Å². The zero-order chi connectivity index (χ0) is 11.9. The summed E-state index contributed by atoms with van der Waals surface area (Å²) in [5.74, 6) is 0.977. The monoisotopic (exact) mass is 228 g/mol. The average Bonchev–Trinajstić information content (AvgIpc) is 2.38. The van der Waals surface area contributed by atoms with Crippen molar-refractivity contribution in [2.75, 3.05) is 18.5 Å². The van der Waals surface area contributed by atoms with Crippen molar-refractivity contribution in [3.8, 4) is 11.5 Å². The molecule has 0 aliphatic heterocycles. The van der Waals surface area contributed by atoms with E-state index in [4.69, 9.17) is 4.74 Å². The van der Waals surface area contributed by atoms with Crippen LogP contribution in [0.4, 0.5) is 5.69 Å². The van der Waals surface area contributed by atoms with Gasteiger partial charge < -0.3 is 15.2 Å². The predicted octanol–water partition coefficient (Wildman–Crippen LogP) is 2.68. The number of nitrogens with one attached hydrogen (secondary N) is 1. The van der Waals surface area contributed by atoms with E-state index in [2.05, 4.69) is 11.4 Å². The second-order valence-corrected chi connectivity index (χ2v) is 3.52. The molecule has 0 heterocycles. The van der Waals surface area contributed by atoms with Gasteiger partial charge in [-0.05, 0) is 18.2 Å². The number of rotatable bonds is 5. The molecule has 0 aromatic heterocycles. The molecule has 2 rings (SSSR count). The highest BCUT2D eigenvalue weighted by molar-refractivity contribution is 5.55. The van der Waals surface area contributed by atoms with E-state index in [0.717, 1.165) is 5.75 Å². The van der Waals surface area contributed by atoms with E-state index in [1.54, 1.807) is 12.1 Å². The maximum Gasteiger partial charge on any atom is 0.138 e. The van der Waals surface area contributed by atoms with E-state index >= 15 is 0 Å². The topological polar surface area (TPSA) is 41.5 Å². The number of hydrogen-bond donors (Lipinski definition) is 2. The Kier molecular flexibility index (Phi) is 3.86. The second-order valence-electron chi connectivity index (χ2n) is 3.52. The standard InChI is InChI=1S/C14H14NO2/c16-14-9-5-4-8-13(14)15-10-11-17-12-6-2-1-3-7-12/h1-6,8-9,15-16H,10-11H2. The molecule has 3 heteroatoms. The molecule has 0 aliphatic rings. The largest absolute Gasteiger partial charge is 0.506 e. The van der Waals surface area contributed by atoms with Crippen molar-refractivity contribution in [3.63, 3.8) is 0 Å². The Morgan fingerprint density at radius 3 is 2.71 bits per heavy atom. The van der Waals surface area contributed by atoms with Crippen molar-refractivity contribution in [1.82, 2.24) is 0 Å². The first-order valence-electron chi connectivity index (χ1n) is 5.47. The van der Waals surface area contributed by atoms with Crippen LogP contribution in [0.2, 0.25) is 0 Å². The molecule has 0 amide bonds. The van der Waals surface area contributed by atoms with Gasteiger partial charge in [-0.1, -0.05) is 30.3 Å². The Bertz CT molecular complexity index is 457. The summed E-state index contributed by atoms with van der Waals surface area (Å²) in [7, 11) is 0. The number of hydrogen-bond acceptors (Lipinski definition) is 3. The van der Waals surface area contributed by atoms with Crippen LogP contribution in [0, 0.1) is 6.07 Å². The van der Waals surface area contributed by atoms with Gasteiger partial charge in [0.2, 0.25) is 0 Å². The lowest BCUT2D eigenvalue weighted by molar-refractivity contribution is 0.332. The molecule has 2 aromatic rings. The van der Waals surface area contributed by atoms with Crippen LogP contribution in [0.3, 0.4) is 0 Å². The highest BCUT2D eigenvalue weighted by Gasteiger charge is 1.97. The van der Waals surface area contributed by atoms with E-state index in [1.807, 2.05) is 36.4 Å². The molecule has 0 aliphatic carbocycles. The van der Waals surface area contributed by atoms with Crippen LogP contribution in [0.1, 0.15) is 0 Å². The Balaban J connectivity index is 1.76. The molecular formula is C14H14NO2. The van der Waals surface area contributed by atoms with Crippen molar-refractivity contribution >= 4 is 5.69 Å². The maximum absolute atomic E-state index is 9.52. The summed E-state index contributed by atoms with van der Waals surface area (Å²) in [5.41, 5.74) is 0.716. The lowest BCUT2D eigenvalue weighted by Gasteiger charge is -2.09. The van der Waals surface area contributed by atoms with Crippen molar-refractivity contribution in [1.29, 1.82) is 0 Å². The van der Waals surface area contributed by atoms with Gasteiger partial charge in [-0.3, -0.25) is 0 Å². The minimum absolute atomic E-state index is 0.249. The van der Waals surface area contributed by atoms with Gasteiger partial charge >= 0.3 is 0 Å². The van der Waals surface area contributed by atoms with Gasteiger partial charge in [0.1, 0.15) is 18.1 Å². The summed E-state index contributed by atoms with van der Waals surface area (Å²) in [6.45, 7) is 1.15. The third kappa shape index (κ3) is 3.41. The van der Waals surface area contributed by atoms with E-state index in [-0.39, 0.29) is 5.75 Å². The predicted molar refractivity (Wildman–Crippen MR) is 67.4 cm³/mol. The van der Waals surface area contributed by atoms with E-state index in [1.165, 1.54) is 0 Å². The summed E-state index contributed by atoms with van der Waals surface area (Å²) in [5, 5.41) is 12.6. The summed E-state index contributed by atoms with van der Waals surface area (Å²) in [4.78, 5) is 0. The highest BCUT2D eigenvalue weighted by Crippen LogP contribution is 2.20. The lowest BCUT2D eigenvalue weighted by Crippen LogP contribution is -2.11. The lowest BCUT2D eigenvalue weighted by atomic mass is 10.3. The molecule has 0 saturated heterocycles. The minimum atomic E-state index is 0.249. The Labute approximate surface area is 101 Å². The van der Waals surface area contributed by atoms with Crippen LogP contribution in [0.5, 0.6) is 11.5 Å². The van der Waals surface area contributed by atoms with Crippen LogP contribution >= 0.6 is 0 Å². The van der Waals surface area contributed by atoms with Gasteiger partial charge in [0.05, 0.1) is 5.69 Å². The molecule has 0 spiro atoms. The zero-order valence-electron chi connectivity index (χ0n) is 9.39. The highest BCUT2D eigenvalue weighted by atomic mass is 16.5. The van der Waals surface area contributed by atoms with Gasteiger partial charge in [-0.25, -0.2) is 0 Å². The van der Waals surface area contributed by atoms with Gasteiger partial charge in [0.15, 0.2) is 0 Å². The Morgan fingerprint density at radius 2 is 1.94 bits per heavy atom. The quantitative estimate of drug-likeness (QED) is 0.610. The number of benzene rings is 2. The molecule has 87 valence electrons. The summed E-state index contributed by atoms with van der Waals surface area (Å²) in [6, 6.07) is 17.6. The van der Waals surface area contributed by atoms with Crippen molar-refractivity contribution in [2.45, 2.75) is 0 Å². The first kappa shape index (κ1) is 11.3. The van der Waals surface area contributed by atoms with Gasteiger partial charge in [-0.15, -0.1) is 0 Å².